The highest BCUT2D eigenvalue weighted by Crippen LogP contribution is 2.37. The number of benzene rings is 1. The maximum absolute atomic E-state index is 13.7. The number of carboxylic acid groups (broad SMARTS) is 1. The van der Waals surface area contributed by atoms with E-state index in [4.69, 9.17) is 25.8 Å². The van der Waals surface area contributed by atoms with Crippen LogP contribution in [0.2, 0.25) is 5.02 Å². The molecule has 0 aromatic heterocycles. The third-order valence-corrected chi connectivity index (χ3v) is 8.21. The van der Waals surface area contributed by atoms with Crippen LogP contribution in [0.4, 0.5) is 9.59 Å². The van der Waals surface area contributed by atoms with Crippen LogP contribution in [-0.2, 0) is 32.2 Å². The van der Waals surface area contributed by atoms with E-state index in [9.17, 15) is 24.3 Å². The Hall–Kier alpha value is -3.21. The number of alkyl carbamates (subject to hydrolysis) is 1. The molecule has 0 aliphatic carbocycles. The van der Waals surface area contributed by atoms with Gasteiger partial charge in [-0.1, -0.05) is 46.2 Å². The van der Waals surface area contributed by atoms with E-state index in [-0.39, 0.29) is 38.1 Å². The molecular formula is C29H40ClN3O8. The van der Waals surface area contributed by atoms with Crippen LogP contribution in [0.5, 0.6) is 5.75 Å². The first kappa shape index (κ1) is 30.7. The van der Waals surface area contributed by atoms with Crippen LogP contribution in [0, 0.1) is 10.8 Å². The summed E-state index contributed by atoms with van der Waals surface area (Å²) in [4.78, 5) is 54.5. The quantitative estimate of drug-likeness (QED) is 0.483. The third kappa shape index (κ3) is 7.17. The topological polar surface area (TPSA) is 135 Å². The number of amides is 3. The molecule has 0 spiro atoms. The van der Waals surface area contributed by atoms with Gasteiger partial charge in [-0.25, -0.2) is 14.4 Å². The number of hydrogen-bond donors (Lipinski definition) is 2. The highest BCUT2D eigenvalue weighted by atomic mass is 35.5. The number of aliphatic carboxylic acids is 1. The number of nitrogens with zero attached hydrogens (tertiary/aromatic N) is 2. The molecule has 4 bridgehead atoms. The van der Waals surface area contributed by atoms with Crippen LogP contribution in [0.1, 0.15) is 71.4 Å². The number of carbonyl (C=O) groups excluding carboxylic acids is 3. The fourth-order valence-corrected chi connectivity index (χ4v) is 5.70. The van der Waals surface area contributed by atoms with Gasteiger partial charge in [0.1, 0.15) is 23.9 Å². The average Bonchev–Trinajstić information content (AvgIpc) is 3.52. The SMILES string of the molecule is CC1(C)CCCCOc2ccc(Cl)c3c2CN(C3)C(=O)O[C@@H]2CC(C(=O)O)N(C2)C(=O)[C@H](C(C)(C)C)NC(=O)OC1. The standard InChI is InChI=1S/C29H40ClN3O8/c1-28(2,3)23-24(34)33-13-17(12-21(33)25(35)36)41-27(38)32-14-18-19(15-32)22(9-8-20(18)30)39-11-7-6-10-29(4,5)16-40-26(37)31-23/h8-9,17,21,23H,6-7,10-16H2,1-5H3,(H,31,37)(H,35,36)/t17-,21?,23-/m1/s1. The molecule has 226 valence electrons. The minimum atomic E-state index is -1.22. The summed E-state index contributed by atoms with van der Waals surface area (Å²) in [6.07, 6.45) is 0.0958. The number of rotatable bonds is 1. The van der Waals surface area contributed by atoms with Gasteiger partial charge in [-0.15, -0.1) is 0 Å². The molecule has 3 atom stereocenters. The molecule has 3 aliphatic rings. The Labute approximate surface area is 245 Å². The second-order valence-corrected chi connectivity index (χ2v) is 13.3. The van der Waals surface area contributed by atoms with Crippen molar-refractivity contribution >= 4 is 35.7 Å². The zero-order valence-corrected chi connectivity index (χ0v) is 25.1. The number of carbonyl (C=O) groups is 4. The van der Waals surface area contributed by atoms with E-state index in [0.717, 1.165) is 30.4 Å². The summed E-state index contributed by atoms with van der Waals surface area (Å²) in [6.45, 7) is 10.3. The van der Waals surface area contributed by atoms with Gasteiger partial charge in [-0.2, -0.15) is 0 Å². The van der Waals surface area contributed by atoms with Gasteiger partial charge in [-0.05, 0) is 47.8 Å². The highest BCUT2D eigenvalue weighted by molar-refractivity contribution is 6.31. The summed E-state index contributed by atoms with van der Waals surface area (Å²) in [6, 6.07) is 1.27. The first-order chi connectivity index (χ1) is 19.2. The number of carboxylic acids is 1. The summed E-state index contributed by atoms with van der Waals surface area (Å²) in [5.41, 5.74) is 0.542. The Balaban J connectivity index is 1.61. The lowest BCUT2D eigenvalue weighted by Gasteiger charge is -2.34. The van der Waals surface area contributed by atoms with Crippen molar-refractivity contribution in [3.63, 3.8) is 0 Å². The predicted octanol–water partition coefficient (Wildman–Crippen LogP) is 4.58. The van der Waals surface area contributed by atoms with Crippen molar-refractivity contribution in [3.05, 3.63) is 28.3 Å². The monoisotopic (exact) mass is 593 g/mol. The smallest absolute Gasteiger partial charge is 0.410 e. The molecule has 1 unspecified atom stereocenters. The second kappa shape index (κ2) is 12.0. The summed E-state index contributed by atoms with van der Waals surface area (Å²) >= 11 is 6.45. The summed E-state index contributed by atoms with van der Waals surface area (Å²) in [5.74, 6) is -1.14. The zero-order chi connectivity index (χ0) is 30.1. The predicted molar refractivity (Wildman–Crippen MR) is 150 cm³/mol. The van der Waals surface area contributed by atoms with Gasteiger partial charge in [0.05, 0.1) is 32.8 Å². The van der Waals surface area contributed by atoms with Crippen molar-refractivity contribution in [1.29, 1.82) is 0 Å². The molecule has 3 amide bonds. The van der Waals surface area contributed by atoms with E-state index in [0.29, 0.717) is 17.4 Å². The number of hydrogen-bond acceptors (Lipinski definition) is 7. The molecule has 1 fully saturated rings. The van der Waals surface area contributed by atoms with Crippen molar-refractivity contribution in [3.8, 4) is 5.75 Å². The first-order valence-corrected chi connectivity index (χ1v) is 14.4. The molecule has 4 rings (SSSR count). The maximum Gasteiger partial charge on any atom is 0.410 e. The minimum absolute atomic E-state index is 0.0712. The maximum atomic E-state index is 13.7. The van der Waals surface area contributed by atoms with Gasteiger partial charge in [0, 0.05) is 17.0 Å². The van der Waals surface area contributed by atoms with Crippen molar-refractivity contribution in [2.24, 2.45) is 10.8 Å². The van der Waals surface area contributed by atoms with E-state index in [1.165, 1.54) is 9.80 Å². The fraction of sp³-hybridized carbons (Fsp3) is 0.655. The Morgan fingerprint density at radius 3 is 2.49 bits per heavy atom. The molecule has 1 aromatic carbocycles. The lowest BCUT2D eigenvalue weighted by atomic mass is 9.85. The Kier molecular flexibility index (Phi) is 8.96. The molecule has 41 heavy (non-hydrogen) atoms. The number of nitrogens with one attached hydrogen (secondary N) is 1. The normalized spacial score (nSPS) is 25.9. The van der Waals surface area contributed by atoms with E-state index in [1.807, 2.05) is 13.8 Å². The van der Waals surface area contributed by atoms with Crippen LogP contribution < -0.4 is 10.1 Å². The second-order valence-electron chi connectivity index (χ2n) is 12.9. The van der Waals surface area contributed by atoms with E-state index >= 15 is 0 Å². The average molecular weight is 594 g/mol. The molecule has 3 aliphatic heterocycles. The zero-order valence-electron chi connectivity index (χ0n) is 24.3. The first-order valence-electron chi connectivity index (χ1n) is 14.0. The molecule has 0 saturated carbocycles. The van der Waals surface area contributed by atoms with Crippen LogP contribution in [0.25, 0.3) is 0 Å². The van der Waals surface area contributed by atoms with Gasteiger partial charge in [0.2, 0.25) is 5.91 Å². The van der Waals surface area contributed by atoms with Crippen LogP contribution >= 0.6 is 11.6 Å². The van der Waals surface area contributed by atoms with E-state index in [1.54, 1.807) is 32.9 Å². The number of cyclic esters (lactones) is 1. The fourth-order valence-electron chi connectivity index (χ4n) is 5.46. The molecule has 1 saturated heterocycles. The van der Waals surface area contributed by atoms with Crippen molar-refractivity contribution in [2.45, 2.75) is 91.6 Å². The summed E-state index contributed by atoms with van der Waals surface area (Å²) in [5, 5.41) is 13.1. The van der Waals surface area contributed by atoms with Gasteiger partial charge in [0.25, 0.3) is 0 Å². The van der Waals surface area contributed by atoms with Crippen molar-refractivity contribution in [1.82, 2.24) is 15.1 Å². The molecule has 1 aromatic rings. The van der Waals surface area contributed by atoms with E-state index < -0.39 is 47.7 Å². The van der Waals surface area contributed by atoms with Gasteiger partial charge in [0.15, 0.2) is 0 Å². The molecule has 0 radical (unpaired) electrons. The van der Waals surface area contributed by atoms with Crippen molar-refractivity contribution < 1.29 is 38.5 Å². The van der Waals surface area contributed by atoms with Gasteiger partial charge >= 0.3 is 18.2 Å². The molecular weight excluding hydrogens is 554 g/mol. The van der Waals surface area contributed by atoms with Crippen LogP contribution in [-0.4, -0.2) is 76.9 Å². The van der Waals surface area contributed by atoms with Gasteiger partial charge < -0.3 is 29.5 Å². The molecule has 2 N–H and O–H groups in total. The lowest BCUT2D eigenvalue weighted by molar-refractivity contribution is -0.150. The highest BCUT2D eigenvalue weighted by Gasteiger charge is 2.47. The molecule has 11 nitrogen and oxygen atoms in total. The largest absolute Gasteiger partial charge is 0.493 e. The lowest BCUT2D eigenvalue weighted by Crippen LogP contribution is -2.57. The Morgan fingerprint density at radius 1 is 1.10 bits per heavy atom. The van der Waals surface area contributed by atoms with Gasteiger partial charge in [-0.3, -0.25) is 9.69 Å². The summed E-state index contributed by atoms with van der Waals surface area (Å²) < 4.78 is 17.3. The van der Waals surface area contributed by atoms with Crippen molar-refractivity contribution in [2.75, 3.05) is 19.8 Å². The molecule has 12 heteroatoms. The molecule has 3 heterocycles. The van der Waals surface area contributed by atoms with E-state index in [2.05, 4.69) is 5.32 Å². The Bertz CT molecular complexity index is 1200. The Morgan fingerprint density at radius 2 is 1.80 bits per heavy atom. The van der Waals surface area contributed by atoms with Crippen LogP contribution in [0.15, 0.2) is 12.1 Å². The number of ether oxygens (including phenoxy) is 3. The number of fused-ring (bicyclic) bond motifs is 3. The minimum Gasteiger partial charge on any atom is -0.493 e. The number of halogens is 1. The van der Waals surface area contributed by atoms with Crippen LogP contribution in [0.3, 0.4) is 0 Å². The third-order valence-electron chi connectivity index (χ3n) is 7.86. The summed E-state index contributed by atoms with van der Waals surface area (Å²) in [7, 11) is 0.